The molecule has 1 fully saturated rings. The number of rotatable bonds is 4. The molecule has 3 aromatic carbocycles. The number of likely N-dealkylation sites (tertiary alicyclic amines) is 1. The third-order valence-electron chi connectivity index (χ3n) is 6.05. The van der Waals surface area contributed by atoms with E-state index in [-0.39, 0.29) is 11.8 Å². The molecule has 0 bridgehead atoms. The highest BCUT2D eigenvalue weighted by atomic mass is 16.5. The summed E-state index contributed by atoms with van der Waals surface area (Å²) in [5, 5.41) is 4.17. The second-order valence-corrected chi connectivity index (χ2v) is 8.36. The summed E-state index contributed by atoms with van der Waals surface area (Å²) >= 11 is 0. The van der Waals surface area contributed by atoms with Gasteiger partial charge in [0.25, 0.3) is 5.91 Å². The van der Waals surface area contributed by atoms with E-state index in [0.717, 1.165) is 36.1 Å². The van der Waals surface area contributed by atoms with Gasteiger partial charge in [0.2, 0.25) is 11.7 Å². The number of carbonyl (C=O) groups is 1. The minimum absolute atomic E-state index is 0.0487. The van der Waals surface area contributed by atoms with Crippen molar-refractivity contribution in [2.75, 3.05) is 13.1 Å². The summed E-state index contributed by atoms with van der Waals surface area (Å²) in [6, 6.07) is 26.1. The average Bonchev–Trinajstić information content (AvgIpc) is 3.35. The van der Waals surface area contributed by atoms with Crippen molar-refractivity contribution in [1.29, 1.82) is 0 Å². The summed E-state index contributed by atoms with van der Waals surface area (Å²) in [5.41, 5.74) is 5.08. The van der Waals surface area contributed by atoms with Crippen LogP contribution in [0.2, 0.25) is 0 Å². The molecule has 5 rings (SSSR count). The van der Waals surface area contributed by atoms with Crippen molar-refractivity contribution in [3.8, 4) is 22.5 Å². The smallest absolute Gasteiger partial charge is 0.253 e. The zero-order chi connectivity index (χ0) is 21.9. The van der Waals surface area contributed by atoms with E-state index >= 15 is 0 Å². The van der Waals surface area contributed by atoms with Crippen LogP contribution in [0, 0.1) is 6.92 Å². The zero-order valence-corrected chi connectivity index (χ0v) is 18.1. The molecule has 1 aliphatic heterocycles. The molecule has 1 amide bonds. The van der Waals surface area contributed by atoms with Crippen molar-refractivity contribution in [1.82, 2.24) is 15.0 Å². The van der Waals surface area contributed by atoms with Crippen LogP contribution in [0.1, 0.15) is 40.6 Å². The molecule has 0 aliphatic carbocycles. The maximum absolute atomic E-state index is 13.1. The van der Waals surface area contributed by atoms with Crippen LogP contribution in [0.15, 0.2) is 83.4 Å². The highest BCUT2D eigenvalue weighted by molar-refractivity contribution is 5.94. The standard InChI is InChI=1S/C27H25N3O2/c1-19-9-11-22(12-10-19)25-28-26(32-29-25)24-8-5-17-30(18-24)27(31)23-15-13-21(14-16-23)20-6-3-2-4-7-20/h2-4,6-7,9-16,24H,5,8,17-18H2,1H3. The number of amides is 1. The molecule has 1 unspecified atom stereocenters. The maximum atomic E-state index is 13.1. The molecule has 1 aliphatic rings. The first kappa shape index (κ1) is 20.2. The van der Waals surface area contributed by atoms with E-state index in [1.807, 2.05) is 78.6 Å². The van der Waals surface area contributed by atoms with Crippen LogP contribution in [-0.2, 0) is 0 Å². The Hall–Kier alpha value is -3.73. The Morgan fingerprint density at radius 3 is 2.34 bits per heavy atom. The lowest BCUT2D eigenvalue weighted by molar-refractivity contribution is 0.0695. The summed E-state index contributed by atoms with van der Waals surface area (Å²) in [4.78, 5) is 19.7. The largest absolute Gasteiger partial charge is 0.339 e. The molecule has 5 nitrogen and oxygen atoms in total. The monoisotopic (exact) mass is 423 g/mol. The van der Waals surface area contributed by atoms with Gasteiger partial charge in [0.05, 0.1) is 5.92 Å². The van der Waals surface area contributed by atoms with Crippen LogP contribution in [0.3, 0.4) is 0 Å². The summed E-state index contributed by atoms with van der Waals surface area (Å²) in [5.74, 6) is 1.31. The van der Waals surface area contributed by atoms with Gasteiger partial charge in [-0.05, 0) is 43.0 Å². The quantitative estimate of drug-likeness (QED) is 0.420. The molecule has 160 valence electrons. The highest BCUT2D eigenvalue weighted by Crippen LogP contribution is 2.29. The second-order valence-electron chi connectivity index (χ2n) is 8.36. The molecule has 1 atom stereocenters. The molecule has 0 radical (unpaired) electrons. The summed E-state index contributed by atoms with van der Waals surface area (Å²) in [6.07, 6.45) is 1.85. The van der Waals surface area contributed by atoms with Crippen molar-refractivity contribution in [2.24, 2.45) is 0 Å². The van der Waals surface area contributed by atoms with Crippen LogP contribution in [0.4, 0.5) is 0 Å². The van der Waals surface area contributed by atoms with E-state index in [1.165, 1.54) is 5.56 Å². The van der Waals surface area contributed by atoms with E-state index in [0.29, 0.717) is 23.8 Å². The Labute approximate surface area is 187 Å². The number of piperidine rings is 1. The van der Waals surface area contributed by atoms with Crippen LogP contribution in [-0.4, -0.2) is 34.0 Å². The van der Waals surface area contributed by atoms with E-state index in [1.54, 1.807) is 0 Å². The molecular weight excluding hydrogens is 398 g/mol. The Morgan fingerprint density at radius 2 is 1.59 bits per heavy atom. The van der Waals surface area contributed by atoms with Crippen molar-refractivity contribution in [3.63, 3.8) is 0 Å². The first-order chi connectivity index (χ1) is 15.7. The number of aryl methyl sites for hydroxylation is 1. The normalized spacial score (nSPS) is 16.2. The van der Waals surface area contributed by atoms with Gasteiger partial charge < -0.3 is 9.42 Å². The van der Waals surface area contributed by atoms with E-state index < -0.39 is 0 Å². The van der Waals surface area contributed by atoms with Crippen LogP contribution in [0.5, 0.6) is 0 Å². The average molecular weight is 424 g/mol. The molecule has 0 saturated carbocycles. The fraction of sp³-hybridized carbons (Fsp3) is 0.222. The van der Waals surface area contributed by atoms with Crippen molar-refractivity contribution >= 4 is 5.91 Å². The van der Waals surface area contributed by atoms with Gasteiger partial charge in [-0.15, -0.1) is 0 Å². The maximum Gasteiger partial charge on any atom is 0.253 e. The minimum atomic E-state index is 0.0487. The van der Waals surface area contributed by atoms with Gasteiger partial charge in [0, 0.05) is 24.2 Å². The van der Waals surface area contributed by atoms with Crippen LogP contribution >= 0.6 is 0 Å². The van der Waals surface area contributed by atoms with E-state index in [2.05, 4.69) is 22.3 Å². The Kier molecular flexibility index (Phi) is 5.55. The van der Waals surface area contributed by atoms with Gasteiger partial charge in [0.15, 0.2) is 0 Å². The second kappa shape index (κ2) is 8.79. The van der Waals surface area contributed by atoms with Crippen molar-refractivity contribution in [2.45, 2.75) is 25.7 Å². The lowest BCUT2D eigenvalue weighted by Crippen LogP contribution is -2.39. The number of benzene rings is 3. The van der Waals surface area contributed by atoms with E-state index in [4.69, 9.17) is 4.52 Å². The summed E-state index contributed by atoms with van der Waals surface area (Å²) < 4.78 is 5.59. The first-order valence-electron chi connectivity index (χ1n) is 11.0. The summed E-state index contributed by atoms with van der Waals surface area (Å²) in [6.45, 7) is 3.39. The van der Waals surface area contributed by atoms with E-state index in [9.17, 15) is 4.79 Å². The number of carbonyl (C=O) groups excluding carboxylic acids is 1. The molecule has 4 aromatic rings. The van der Waals surface area contributed by atoms with Gasteiger partial charge in [-0.2, -0.15) is 4.98 Å². The summed E-state index contributed by atoms with van der Waals surface area (Å²) in [7, 11) is 0. The Bertz CT molecular complexity index is 1200. The molecule has 1 saturated heterocycles. The van der Waals surface area contributed by atoms with Gasteiger partial charge in [0.1, 0.15) is 0 Å². The van der Waals surface area contributed by atoms with Gasteiger partial charge in [-0.25, -0.2) is 0 Å². The number of nitrogens with zero attached hydrogens (tertiary/aromatic N) is 3. The predicted octanol–water partition coefficient (Wildman–Crippen LogP) is 5.73. The fourth-order valence-electron chi connectivity index (χ4n) is 4.20. The number of hydrogen-bond acceptors (Lipinski definition) is 4. The van der Waals surface area contributed by atoms with Gasteiger partial charge >= 0.3 is 0 Å². The molecule has 0 spiro atoms. The Morgan fingerprint density at radius 1 is 0.906 bits per heavy atom. The predicted molar refractivity (Wildman–Crippen MR) is 124 cm³/mol. The van der Waals surface area contributed by atoms with Gasteiger partial charge in [-0.1, -0.05) is 77.5 Å². The molecule has 2 heterocycles. The SMILES string of the molecule is Cc1ccc(-c2noc(C3CCCN(C(=O)c4ccc(-c5ccccc5)cc4)C3)n2)cc1. The van der Waals surface area contributed by atoms with Crippen molar-refractivity contribution < 1.29 is 9.32 Å². The topological polar surface area (TPSA) is 59.2 Å². The number of aromatic nitrogens is 2. The lowest BCUT2D eigenvalue weighted by Gasteiger charge is -2.31. The Balaban J connectivity index is 1.29. The van der Waals surface area contributed by atoms with Gasteiger partial charge in [-0.3, -0.25) is 4.79 Å². The molecule has 1 aromatic heterocycles. The van der Waals surface area contributed by atoms with Crippen LogP contribution < -0.4 is 0 Å². The molecule has 32 heavy (non-hydrogen) atoms. The zero-order valence-electron chi connectivity index (χ0n) is 18.1. The minimum Gasteiger partial charge on any atom is -0.339 e. The number of hydrogen-bond donors (Lipinski definition) is 0. The molecular formula is C27H25N3O2. The third-order valence-corrected chi connectivity index (χ3v) is 6.05. The van der Waals surface area contributed by atoms with Crippen molar-refractivity contribution in [3.05, 3.63) is 95.9 Å². The molecule has 5 heteroatoms. The lowest BCUT2D eigenvalue weighted by atomic mass is 9.97. The fourth-order valence-corrected chi connectivity index (χ4v) is 4.20. The van der Waals surface area contributed by atoms with Crippen LogP contribution in [0.25, 0.3) is 22.5 Å². The first-order valence-corrected chi connectivity index (χ1v) is 11.0. The highest BCUT2D eigenvalue weighted by Gasteiger charge is 2.29. The third kappa shape index (κ3) is 4.19. The molecule has 0 N–H and O–H groups in total.